The Morgan fingerprint density at radius 2 is 1.29 bits per heavy atom. The van der Waals surface area contributed by atoms with Crippen molar-refractivity contribution in [3.05, 3.63) is 84.4 Å². The average Bonchev–Trinajstić information content (AvgIpc) is 2.70. The molecule has 1 N–H and O–H groups in total. The number of aliphatic carboxylic acids is 1. The van der Waals surface area contributed by atoms with Crippen LogP contribution in [-0.2, 0) is 4.79 Å². The van der Waals surface area contributed by atoms with Crippen LogP contribution in [0.2, 0.25) is 0 Å². The summed E-state index contributed by atoms with van der Waals surface area (Å²) in [5, 5.41) is 9.03. The number of carboxylic acids is 1. The van der Waals surface area contributed by atoms with Gasteiger partial charge in [0.15, 0.2) is 0 Å². The Morgan fingerprint density at radius 1 is 0.821 bits per heavy atom. The van der Waals surface area contributed by atoms with Gasteiger partial charge in [-0.1, -0.05) is 36.3 Å². The molecule has 0 spiro atoms. The molecule has 1 unspecified atom stereocenters. The van der Waals surface area contributed by atoms with Crippen LogP contribution >= 0.6 is 0 Å². The minimum absolute atomic E-state index is 0.0239. The molecule has 0 fully saturated rings. The van der Waals surface area contributed by atoms with Crippen LogP contribution in [0, 0.1) is 11.8 Å². The fourth-order valence-electron chi connectivity index (χ4n) is 2.71. The number of ether oxygens (including phenoxy) is 2. The predicted octanol–water partition coefficient (Wildman–Crippen LogP) is 5.85. The third-order valence-corrected chi connectivity index (χ3v) is 4.02. The number of hydrogen-bond donors (Lipinski definition) is 1. The van der Waals surface area contributed by atoms with Gasteiger partial charge in [0.2, 0.25) is 0 Å². The Bertz CT molecular complexity index is 965. The summed E-state index contributed by atoms with van der Waals surface area (Å²) in [5.41, 5.74) is 0.857. The molecule has 0 aliphatic heterocycles. The predicted molar refractivity (Wildman–Crippen MR) is 108 cm³/mol. The van der Waals surface area contributed by atoms with Crippen molar-refractivity contribution >= 4 is 5.97 Å². The largest absolute Gasteiger partial charge is 0.481 e. The van der Waals surface area contributed by atoms with E-state index in [0.29, 0.717) is 11.5 Å². The number of carboxylic acid groups (broad SMARTS) is 1. The fourth-order valence-corrected chi connectivity index (χ4v) is 2.71. The second-order valence-electron chi connectivity index (χ2n) is 6.10. The lowest BCUT2D eigenvalue weighted by Gasteiger charge is -2.11. The maximum atomic E-state index is 11.0. The molecule has 0 heterocycles. The molecule has 0 amide bonds. The van der Waals surface area contributed by atoms with E-state index >= 15 is 0 Å². The molecule has 4 heteroatoms. The molecule has 0 aliphatic rings. The van der Waals surface area contributed by atoms with Crippen molar-refractivity contribution in [3.63, 3.8) is 0 Å². The normalized spacial score (nSPS) is 11.0. The highest BCUT2D eigenvalue weighted by atomic mass is 16.5. The van der Waals surface area contributed by atoms with Crippen LogP contribution in [0.5, 0.6) is 23.0 Å². The van der Waals surface area contributed by atoms with Gasteiger partial charge < -0.3 is 14.6 Å². The molecule has 0 radical (unpaired) electrons. The summed E-state index contributed by atoms with van der Waals surface area (Å²) in [7, 11) is 0. The van der Waals surface area contributed by atoms with Crippen LogP contribution in [0.4, 0.5) is 0 Å². The van der Waals surface area contributed by atoms with Crippen molar-refractivity contribution in [1.82, 2.24) is 0 Å². The van der Waals surface area contributed by atoms with Gasteiger partial charge in [-0.3, -0.25) is 4.79 Å². The van der Waals surface area contributed by atoms with Gasteiger partial charge in [0.1, 0.15) is 23.0 Å². The number of hydrogen-bond acceptors (Lipinski definition) is 3. The SMILES string of the molecule is CC#CC(CC(=O)O)c1ccc(Oc2ccc(Oc3ccccc3)cc2)cc1. The highest BCUT2D eigenvalue weighted by Gasteiger charge is 2.13. The van der Waals surface area contributed by atoms with E-state index in [9.17, 15) is 4.79 Å². The monoisotopic (exact) mass is 372 g/mol. The van der Waals surface area contributed by atoms with Gasteiger partial charge in [0.25, 0.3) is 0 Å². The van der Waals surface area contributed by atoms with E-state index in [1.165, 1.54) is 0 Å². The second kappa shape index (κ2) is 9.29. The lowest BCUT2D eigenvalue weighted by atomic mass is 9.96. The summed E-state index contributed by atoms with van der Waals surface area (Å²) in [6.07, 6.45) is -0.0239. The summed E-state index contributed by atoms with van der Waals surface area (Å²) in [6.45, 7) is 1.71. The van der Waals surface area contributed by atoms with E-state index in [1.807, 2.05) is 78.9 Å². The number of benzene rings is 3. The number of para-hydroxylation sites is 1. The molecule has 0 saturated heterocycles. The number of carbonyl (C=O) groups is 1. The van der Waals surface area contributed by atoms with Gasteiger partial charge >= 0.3 is 5.97 Å². The van der Waals surface area contributed by atoms with E-state index in [2.05, 4.69) is 11.8 Å². The van der Waals surface area contributed by atoms with Gasteiger partial charge in [-0.2, -0.15) is 0 Å². The van der Waals surface area contributed by atoms with Crippen molar-refractivity contribution < 1.29 is 19.4 Å². The minimum Gasteiger partial charge on any atom is -0.481 e. The molecule has 3 aromatic rings. The quantitative estimate of drug-likeness (QED) is 0.528. The zero-order valence-corrected chi connectivity index (χ0v) is 15.5. The van der Waals surface area contributed by atoms with Crippen molar-refractivity contribution in [2.45, 2.75) is 19.3 Å². The molecule has 0 aliphatic carbocycles. The summed E-state index contributed by atoms with van der Waals surface area (Å²) in [6, 6.07) is 24.3. The van der Waals surface area contributed by atoms with Crippen molar-refractivity contribution in [2.24, 2.45) is 0 Å². The van der Waals surface area contributed by atoms with Crippen LogP contribution in [0.3, 0.4) is 0 Å². The molecular formula is C24H20O4. The molecule has 3 rings (SSSR count). The maximum Gasteiger partial charge on any atom is 0.304 e. The second-order valence-corrected chi connectivity index (χ2v) is 6.10. The first-order chi connectivity index (χ1) is 13.6. The summed E-state index contributed by atoms with van der Waals surface area (Å²) in [5.74, 6) is 7.39. The lowest BCUT2D eigenvalue weighted by Crippen LogP contribution is -2.04. The Morgan fingerprint density at radius 3 is 1.75 bits per heavy atom. The number of rotatable bonds is 7. The Balaban J connectivity index is 1.65. The van der Waals surface area contributed by atoms with Crippen LogP contribution in [0.1, 0.15) is 24.8 Å². The molecule has 4 nitrogen and oxygen atoms in total. The maximum absolute atomic E-state index is 11.0. The molecule has 3 aromatic carbocycles. The van der Waals surface area contributed by atoms with E-state index in [4.69, 9.17) is 14.6 Å². The molecule has 0 saturated carbocycles. The smallest absolute Gasteiger partial charge is 0.304 e. The average molecular weight is 372 g/mol. The first-order valence-electron chi connectivity index (χ1n) is 8.89. The summed E-state index contributed by atoms with van der Waals surface area (Å²) in [4.78, 5) is 11.0. The standard InChI is InChI=1S/C24H20O4/c1-2-6-19(17-24(25)26)18-9-11-21(12-10-18)28-23-15-13-22(14-16-23)27-20-7-4-3-5-8-20/h3-5,7-16,19H,17H2,1H3,(H,25,26). The molecule has 0 bridgehead atoms. The molecule has 28 heavy (non-hydrogen) atoms. The van der Waals surface area contributed by atoms with Crippen molar-refractivity contribution in [3.8, 4) is 34.8 Å². The van der Waals surface area contributed by atoms with Crippen molar-refractivity contribution in [1.29, 1.82) is 0 Å². The lowest BCUT2D eigenvalue weighted by molar-refractivity contribution is -0.137. The van der Waals surface area contributed by atoms with Gasteiger partial charge in [-0.15, -0.1) is 5.92 Å². The minimum atomic E-state index is -0.870. The van der Waals surface area contributed by atoms with E-state index in [0.717, 1.165) is 17.1 Å². The summed E-state index contributed by atoms with van der Waals surface area (Å²) < 4.78 is 11.6. The highest BCUT2D eigenvalue weighted by Crippen LogP contribution is 2.28. The van der Waals surface area contributed by atoms with Gasteiger partial charge in [-0.05, 0) is 61.0 Å². The molecule has 1 atom stereocenters. The first kappa shape index (κ1) is 19.1. The summed E-state index contributed by atoms with van der Waals surface area (Å²) >= 11 is 0. The Labute approximate surface area is 164 Å². The van der Waals surface area contributed by atoms with E-state index in [-0.39, 0.29) is 12.3 Å². The Kier molecular flexibility index (Phi) is 6.33. The van der Waals surface area contributed by atoms with Gasteiger partial charge in [0.05, 0.1) is 12.3 Å². The molecular weight excluding hydrogens is 352 g/mol. The fraction of sp³-hybridized carbons (Fsp3) is 0.125. The third kappa shape index (κ3) is 5.39. The third-order valence-electron chi connectivity index (χ3n) is 4.02. The van der Waals surface area contributed by atoms with Crippen LogP contribution in [-0.4, -0.2) is 11.1 Å². The van der Waals surface area contributed by atoms with E-state index < -0.39 is 5.97 Å². The molecule has 0 aromatic heterocycles. The van der Waals surface area contributed by atoms with Crippen LogP contribution < -0.4 is 9.47 Å². The topological polar surface area (TPSA) is 55.8 Å². The van der Waals surface area contributed by atoms with Crippen LogP contribution in [0.15, 0.2) is 78.9 Å². The highest BCUT2D eigenvalue weighted by molar-refractivity contribution is 5.69. The first-order valence-corrected chi connectivity index (χ1v) is 8.89. The van der Waals surface area contributed by atoms with Crippen LogP contribution in [0.25, 0.3) is 0 Å². The zero-order valence-electron chi connectivity index (χ0n) is 15.5. The Hall–Kier alpha value is -3.71. The van der Waals surface area contributed by atoms with Gasteiger partial charge in [-0.25, -0.2) is 0 Å². The van der Waals surface area contributed by atoms with E-state index in [1.54, 1.807) is 6.92 Å². The zero-order chi connectivity index (χ0) is 19.8. The van der Waals surface area contributed by atoms with Crippen molar-refractivity contribution in [2.75, 3.05) is 0 Å². The van der Waals surface area contributed by atoms with Gasteiger partial charge in [0, 0.05) is 0 Å². The molecule has 140 valence electrons.